The maximum absolute atomic E-state index is 4.46. The Hall–Kier alpha value is -1.90. The molecule has 3 rings (SSSR count). The van der Waals surface area contributed by atoms with Crippen LogP contribution in [-0.4, -0.2) is 14.5 Å². The average Bonchev–Trinajstić information content (AvgIpc) is 2.66. The van der Waals surface area contributed by atoms with Gasteiger partial charge in [-0.1, -0.05) is 6.92 Å². The minimum absolute atomic E-state index is 0.966. The zero-order chi connectivity index (χ0) is 11.0. The van der Waals surface area contributed by atoms with Crippen LogP contribution < -0.4 is 0 Å². The van der Waals surface area contributed by atoms with E-state index in [2.05, 4.69) is 33.6 Å². The molecular weight excluding hydrogens is 198 g/mol. The molecule has 3 aromatic rings. The zero-order valence-corrected chi connectivity index (χ0v) is 9.22. The van der Waals surface area contributed by atoms with E-state index in [1.165, 1.54) is 10.8 Å². The molecule has 3 heteroatoms. The minimum Gasteiger partial charge on any atom is -0.310 e. The van der Waals surface area contributed by atoms with Crippen LogP contribution in [0.5, 0.6) is 0 Å². The second-order valence-corrected chi connectivity index (χ2v) is 3.90. The van der Waals surface area contributed by atoms with Gasteiger partial charge >= 0.3 is 0 Å². The number of aromatic nitrogens is 3. The van der Waals surface area contributed by atoms with Gasteiger partial charge in [0.2, 0.25) is 0 Å². The van der Waals surface area contributed by atoms with Crippen LogP contribution in [0.2, 0.25) is 0 Å². The molecule has 3 heterocycles. The summed E-state index contributed by atoms with van der Waals surface area (Å²) in [7, 11) is 0. The first kappa shape index (κ1) is 9.33. The van der Waals surface area contributed by atoms with Crippen molar-refractivity contribution in [2.24, 2.45) is 0 Å². The van der Waals surface area contributed by atoms with Gasteiger partial charge in [-0.3, -0.25) is 0 Å². The third kappa shape index (κ3) is 1.21. The molecule has 0 saturated carbocycles. The molecule has 0 fully saturated rings. The molecule has 0 amide bonds. The number of hydrogen-bond acceptors (Lipinski definition) is 2. The van der Waals surface area contributed by atoms with Crippen LogP contribution in [0.1, 0.15) is 13.3 Å². The Balaban J connectivity index is 2.49. The Morgan fingerprint density at radius 2 is 1.56 bits per heavy atom. The summed E-state index contributed by atoms with van der Waals surface area (Å²) in [6.45, 7) is 3.14. The average molecular weight is 211 g/mol. The molecule has 3 aromatic heterocycles. The number of hydrogen-bond donors (Lipinski definition) is 0. The van der Waals surface area contributed by atoms with Crippen molar-refractivity contribution in [2.75, 3.05) is 0 Å². The monoisotopic (exact) mass is 211 g/mol. The number of nitrogens with zero attached hydrogens (tertiary/aromatic N) is 3. The van der Waals surface area contributed by atoms with Crippen LogP contribution in [0, 0.1) is 0 Å². The van der Waals surface area contributed by atoms with Gasteiger partial charge in [0.25, 0.3) is 0 Å². The second kappa shape index (κ2) is 3.59. The standard InChI is InChI=1S/C13H13N3/c1-2-9-16-12-10(5-3-7-14-12)11-6-4-8-15-13(11)16/h3-8H,2,9H2,1H3. The fraction of sp³-hybridized carbons (Fsp3) is 0.231. The van der Waals surface area contributed by atoms with Crippen LogP contribution in [0.15, 0.2) is 36.7 Å². The lowest BCUT2D eigenvalue weighted by Gasteiger charge is -2.02. The highest BCUT2D eigenvalue weighted by atomic mass is 15.1. The molecule has 0 aliphatic rings. The number of rotatable bonds is 2. The van der Waals surface area contributed by atoms with E-state index in [0.29, 0.717) is 0 Å². The van der Waals surface area contributed by atoms with E-state index in [1.807, 2.05) is 24.5 Å². The minimum atomic E-state index is 0.966. The molecule has 16 heavy (non-hydrogen) atoms. The predicted octanol–water partition coefficient (Wildman–Crippen LogP) is 2.99. The Kier molecular flexibility index (Phi) is 2.10. The summed E-state index contributed by atoms with van der Waals surface area (Å²) in [4.78, 5) is 8.92. The van der Waals surface area contributed by atoms with Crippen LogP contribution in [0.25, 0.3) is 22.1 Å². The van der Waals surface area contributed by atoms with Crippen LogP contribution in [0.4, 0.5) is 0 Å². The summed E-state index contributed by atoms with van der Waals surface area (Å²) in [5.41, 5.74) is 2.08. The van der Waals surface area contributed by atoms with Crippen LogP contribution >= 0.6 is 0 Å². The van der Waals surface area contributed by atoms with Crippen molar-refractivity contribution in [3.63, 3.8) is 0 Å². The third-order valence-electron chi connectivity index (χ3n) is 2.82. The third-order valence-corrected chi connectivity index (χ3v) is 2.82. The molecule has 3 nitrogen and oxygen atoms in total. The first-order valence-electron chi connectivity index (χ1n) is 5.59. The van der Waals surface area contributed by atoms with Crippen molar-refractivity contribution in [3.8, 4) is 0 Å². The number of aryl methyl sites for hydroxylation is 1. The summed E-state index contributed by atoms with van der Waals surface area (Å²) in [5.74, 6) is 0. The van der Waals surface area contributed by atoms with E-state index in [-0.39, 0.29) is 0 Å². The van der Waals surface area contributed by atoms with E-state index in [0.717, 1.165) is 24.3 Å². The van der Waals surface area contributed by atoms with Gasteiger partial charge in [0.15, 0.2) is 0 Å². The SMILES string of the molecule is CCCn1c2ncccc2c2cccnc21. The summed E-state index contributed by atoms with van der Waals surface area (Å²) < 4.78 is 2.20. The maximum Gasteiger partial charge on any atom is 0.142 e. The molecule has 0 aromatic carbocycles. The van der Waals surface area contributed by atoms with Crippen molar-refractivity contribution in [3.05, 3.63) is 36.7 Å². The van der Waals surface area contributed by atoms with Crippen molar-refractivity contribution >= 4 is 22.1 Å². The lowest BCUT2D eigenvalue weighted by atomic mass is 10.2. The maximum atomic E-state index is 4.46. The lowest BCUT2D eigenvalue weighted by molar-refractivity contribution is 0.712. The second-order valence-electron chi connectivity index (χ2n) is 3.90. The first-order chi connectivity index (χ1) is 7.92. The number of pyridine rings is 2. The molecule has 80 valence electrons. The van der Waals surface area contributed by atoms with Crippen molar-refractivity contribution in [1.82, 2.24) is 14.5 Å². The molecule has 0 spiro atoms. The van der Waals surface area contributed by atoms with E-state index < -0.39 is 0 Å². The molecule has 0 unspecified atom stereocenters. The Bertz CT molecular complexity index is 587. The van der Waals surface area contributed by atoms with Gasteiger partial charge in [-0.2, -0.15) is 0 Å². The van der Waals surface area contributed by atoms with Gasteiger partial charge < -0.3 is 4.57 Å². The lowest BCUT2D eigenvalue weighted by Crippen LogP contribution is -1.98. The van der Waals surface area contributed by atoms with Gasteiger partial charge in [0.1, 0.15) is 11.3 Å². The predicted molar refractivity (Wildman–Crippen MR) is 65.3 cm³/mol. The van der Waals surface area contributed by atoms with Crippen LogP contribution in [0.3, 0.4) is 0 Å². The van der Waals surface area contributed by atoms with Gasteiger partial charge in [-0.05, 0) is 30.7 Å². The molecule has 0 saturated heterocycles. The summed E-state index contributed by atoms with van der Waals surface area (Å²) >= 11 is 0. The quantitative estimate of drug-likeness (QED) is 0.652. The fourth-order valence-electron chi connectivity index (χ4n) is 2.18. The van der Waals surface area contributed by atoms with Crippen molar-refractivity contribution < 1.29 is 0 Å². The molecule has 0 aliphatic heterocycles. The van der Waals surface area contributed by atoms with E-state index in [9.17, 15) is 0 Å². The number of fused-ring (bicyclic) bond motifs is 3. The largest absolute Gasteiger partial charge is 0.310 e. The van der Waals surface area contributed by atoms with Gasteiger partial charge in [0.05, 0.1) is 0 Å². The summed E-state index contributed by atoms with van der Waals surface area (Å²) in [6.07, 6.45) is 4.77. The van der Waals surface area contributed by atoms with E-state index in [1.54, 1.807) is 0 Å². The van der Waals surface area contributed by atoms with Crippen molar-refractivity contribution in [2.45, 2.75) is 19.9 Å². The van der Waals surface area contributed by atoms with Gasteiger partial charge in [-0.25, -0.2) is 9.97 Å². The summed E-state index contributed by atoms with van der Waals surface area (Å²) in [5, 5.41) is 2.39. The highest BCUT2D eigenvalue weighted by molar-refractivity contribution is 6.04. The molecule has 0 N–H and O–H groups in total. The molecule has 0 radical (unpaired) electrons. The Morgan fingerprint density at radius 1 is 1.00 bits per heavy atom. The first-order valence-corrected chi connectivity index (χ1v) is 5.59. The zero-order valence-electron chi connectivity index (χ0n) is 9.22. The van der Waals surface area contributed by atoms with Gasteiger partial charge in [-0.15, -0.1) is 0 Å². The van der Waals surface area contributed by atoms with Crippen molar-refractivity contribution in [1.29, 1.82) is 0 Å². The molecule has 0 aliphatic carbocycles. The highest BCUT2D eigenvalue weighted by Crippen LogP contribution is 2.25. The topological polar surface area (TPSA) is 30.7 Å². The van der Waals surface area contributed by atoms with Crippen LogP contribution in [-0.2, 0) is 6.54 Å². The smallest absolute Gasteiger partial charge is 0.142 e. The fourth-order valence-corrected chi connectivity index (χ4v) is 2.18. The Labute approximate surface area is 93.7 Å². The molecule has 0 bridgehead atoms. The van der Waals surface area contributed by atoms with E-state index in [4.69, 9.17) is 0 Å². The Morgan fingerprint density at radius 3 is 2.06 bits per heavy atom. The van der Waals surface area contributed by atoms with E-state index >= 15 is 0 Å². The summed E-state index contributed by atoms with van der Waals surface area (Å²) in [6, 6.07) is 8.17. The highest BCUT2D eigenvalue weighted by Gasteiger charge is 2.10. The molecular formula is C13H13N3. The molecule has 0 atom stereocenters. The van der Waals surface area contributed by atoms with Gasteiger partial charge in [0, 0.05) is 29.7 Å². The normalized spacial score (nSPS) is 11.3.